The van der Waals surface area contributed by atoms with Gasteiger partial charge in [-0.25, -0.2) is 9.78 Å². The van der Waals surface area contributed by atoms with Crippen molar-refractivity contribution in [2.45, 2.75) is 45.4 Å². The summed E-state index contributed by atoms with van der Waals surface area (Å²) in [5, 5.41) is 10.8. The number of benzene rings is 1. The largest absolute Gasteiger partial charge is 0.324 e. The Morgan fingerprint density at radius 1 is 1.17 bits per heavy atom. The molecule has 1 aliphatic rings. The van der Waals surface area contributed by atoms with Gasteiger partial charge in [0, 0.05) is 27.8 Å². The number of rotatable bonds is 3. The molecular formula is C21H23ClN6O2. The molecule has 0 saturated carbocycles. The summed E-state index contributed by atoms with van der Waals surface area (Å²) in [6, 6.07) is 8.15. The number of carbonyl (C=O) groups excluding carboxylic acids is 1. The zero-order valence-corrected chi connectivity index (χ0v) is 17.8. The number of H-pyrrole nitrogens is 1. The SMILES string of the molecule is CC(C)(C)c1cc(NC(=O)Nc2ccc(Cl)cc2)n(-c2nc3c(c(=O)[nH]2)CCC3)n1. The first-order chi connectivity index (χ1) is 14.2. The van der Waals surface area contributed by atoms with Crippen LogP contribution in [0.15, 0.2) is 35.1 Å². The number of carbonyl (C=O) groups is 1. The standard InChI is InChI=1S/C21H23ClN6O2/c1-21(2,3)16-11-17(25-20(30)23-13-9-7-12(22)8-10-13)28(27-16)19-24-15-6-4-5-14(15)18(29)26-19/h7-11H,4-6H2,1-3H3,(H2,23,25,30)(H,24,26,29). The number of aryl methyl sites for hydroxylation is 1. The molecule has 2 aromatic heterocycles. The minimum absolute atomic E-state index is 0.156. The molecule has 0 unspecified atom stereocenters. The van der Waals surface area contributed by atoms with E-state index < -0.39 is 6.03 Å². The Hall–Kier alpha value is -3.13. The summed E-state index contributed by atoms with van der Waals surface area (Å²) in [6.45, 7) is 6.07. The van der Waals surface area contributed by atoms with Gasteiger partial charge in [-0.05, 0) is 43.5 Å². The second kappa shape index (κ2) is 7.60. The van der Waals surface area contributed by atoms with Gasteiger partial charge in [-0.2, -0.15) is 9.78 Å². The molecule has 30 heavy (non-hydrogen) atoms. The van der Waals surface area contributed by atoms with Gasteiger partial charge < -0.3 is 5.32 Å². The Labute approximate surface area is 178 Å². The van der Waals surface area contributed by atoms with Gasteiger partial charge in [0.15, 0.2) is 0 Å². The Balaban J connectivity index is 1.68. The molecule has 8 nitrogen and oxygen atoms in total. The van der Waals surface area contributed by atoms with Crippen LogP contribution in [0.5, 0.6) is 0 Å². The number of aromatic nitrogens is 4. The van der Waals surface area contributed by atoms with Gasteiger partial charge in [-0.3, -0.25) is 15.1 Å². The van der Waals surface area contributed by atoms with Crippen molar-refractivity contribution in [2.75, 3.05) is 10.6 Å². The molecule has 3 N–H and O–H groups in total. The Morgan fingerprint density at radius 3 is 2.60 bits per heavy atom. The zero-order valence-electron chi connectivity index (χ0n) is 17.0. The lowest BCUT2D eigenvalue weighted by molar-refractivity contribution is 0.262. The van der Waals surface area contributed by atoms with Gasteiger partial charge in [0.1, 0.15) is 5.82 Å². The first kappa shape index (κ1) is 20.2. The van der Waals surface area contributed by atoms with Crippen LogP contribution in [-0.4, -0.2) is 25.8 Å². The van der Waals surface area contributed by atoms with Crippen molar-refractivity contribution in [2.24, 2.45) is 0 Å². The van der Waals surface area contributed by atoms with E-state index in [4.69, 9.17) is 11.6 Å². The highest BCUT2D eigenvalue weighted by molar-refractivity contribution is 6.30. The maximum absolute atomic E-state index is 12.6. The highest BCUT2D eigenvalue weighted by atomic mass is 35.5. The third-order valence-electron chi connectivity index (χ3n) is 4.95. The number of amides is 2. The molecule has 0 saturated heterocycles. The third-order valence-corrected chi connectivity index (χ3v) is 5.20. The van der Waals surface area contributed by atoms with Crippen LogP contribution in [0.1, 0.15) is 44.1 Å². The molecule has 3 aromatic rings. The molecule has 0 fully saturated rings. The van der Waals surface area contributed by atoms with Crippen molar-refractivity contribution in [3.63, 3.8) is 0 Å². The molecule has 0 radical (unpaired) electrons. The van der Waals surface area contributed by atoms with E-state index in [0.29, 0.717) is 16.5 Å². The van der Waals surface area contributed by atoms with Crippen LogP contribution in [0.25, 0.3) is 5.95 Å². The minimum atomic E-state index is -0.442. The molecule has 0 atom stereocenters. The number of anilines is 2. The molecule has 156 valence electrons. The van der Waals surface area contributed by atoms with Gasteiger partial charge >= 0.3 is 6.03 Å². The molecule has 2 amide bonds. The van der Waals surface area contributed by atoms with Crippen molar-refractivity contribution >= 4 is 29.1 Å². The highest BCUT2D eigenvalue weighted by Gasteiger charge is 2.24. The lowest BCUT2D eigenvalue weighted by Crippen LogP contribution is -2.23. The number of aromatic amines is 1. The number of nitrogens with one attached hydrogen (secondary N) is 3. The van der Waals surface area contributed by atoms with Crippen molar-refractivity contribution in [3.8, 4) is 5.95 Å². The van der Waals surface area contributed by atoms with E-state index in [0.717, 1.165) is 36.2 Å². The summed E-state index contributed by atoms with van der Waals surface area (Å²) in [6.07, 6.45) is 2.41. The van der Waals surface area contributed by atoms with Gasteiger partial charge in [0.2, 0.25) is 5.95 Å². The lowest BCUT2D eigenvalue weighted by atomic mass is 9.92. The highest BCUT2D eigenvalue weighted by Crippen LogP contribution is 2.26. The maximum atomic E-state index is 12.6. The van der Waals surface area contributed by atoms with E-state index in [2.05, 4.69) is 25.7 Å². The van der Waals surface area contributed by atoms with E-state index in [1.165, 1.54) is 4.68 Å². The maximum Gasteiger partial charge on any atom is 0.324 e. The minimum Gasteiger partial charge on any atom is -0.308 e. The van der Waals surface area contributed by atoms with E-state index in [-0.39, 0.29) is 16.9 Å². The smallest absolute Gasteiger partial charge is 0.308 e. The average Bonchev–Trinajstić information content (AvgIpc) is 3.30. The van der Waals surface area contributed by atoms with Gasteiger partial charge in [-0.15, -0.1) is 0 Å². The number of urea groups is 1. The summed E-state index contributed by atoms with van der Waals surface area (Å²) >= 11 is 5.89. The topological polar surface area (TPSA) is 105 Å². The van der Waals surface area contributed by atoms with Crippen molar-refractivity contribution in [1.29, 1.82) is 0 Å². The number of fused-ring (bicyclic) bond motifs is 1. The number of nitrogens with zero attached hydrogens (tertiary/aromatic N) is 3. The average molecular weight is 427 g/mol. The molecule has 9 heteroatoms. The zero-order chi connectivity index (χ0) is 21.5. The van der Waals surface area contributed by atoms with Crippen molar-refractivity contribution in [3.05, 3.63) is 62.7 Å². The van der Waals surface area contributed by atoms with Crippen molar-refractivity contribution in [1.82, 2.24) is 19.7 Å². The van der Waals surface area contributed by atoms with E-state index in [1.807, 2.05) is 20.8 Å². The van der Waals surface area contributed by atoms with Gasteiger partial charge in [0.25, 0.3) is 5.56 Å². The Kier molecular flexibility index (Phi) is 5.11. The summed E-state index contributed by atoms with van der Waals surface area (Å²) in [4.78, 5) is 32.4. The Morgan fingerprint density at radius 2 is 1.90 bits per heavy atom. The predicted molar refractivity (Wildman–Crippen MR) is 117 cm³/mol. The molecule has 0 spiro atoms. The summed E-state index contributed by atoms with van der Waals surface area (Å²) in [7, 11) is 0. The molecule has 0 bridgehead atoms. The quantitative estimate of drug-likeness (QED) is 0.587. The number of halogens is 1. The second-order valence-electron chi connectivity index (χ2n) is 8.33. The fourth-order valence-electron chi connectivity index (χ4n) is 3.34. The van der Waals surface area contributed by atoms with Crippen LogP contribution in [0.2, 0.25) is 5.02 Å². The fraction of sp³-hybridized carbons (Fsp3) is 0.333. The van der Waals surface area contributed by atoms with Crippen LogP contribution >= 0.6 is 11.6 Å². The van der Waals surface area contributed by atoms with Crippen LogP contribution < -0.4 is 16.2 Å². The van der Waals surface area contributed by atoms with E-state index in [1.54, 1.807) is 30.3 Å². The normalized spacial score (nSPS) is 13.2. The molecule has 4 rings (SSSR count). The van der Waals surface area contributed by atoms with Crippen LogP contribution in [0, 0.1) is 0 Å². The summed E-state index contributed by atoms with van der Waals surface area (Å²) in [5.74, 6) is 0.699. The molecule has 0 aliphatic heterocycles. The van der Waals surface area contributed by atoms with Crippen LogP contribution in [-0.2, 0) is 18.3 Å². The third kappa shape index (κ3) is 4.09. The Bertz CT molecular complexity index is 1160. The number of hydrogen-bond acceptors (Lipinski definition) is 4. The molecule has 2 heterocycles. The molecular weight excluding hydrogens is 404 g/mol. The fourth-order valence-corrected chi connectivity index (χ4v) is 3.46. The summed E-state index contributed by atoms with van der Waals surface area (Å²) < 4.78 is 1.47. The van der Waals surface area contributed by atoms with Gasteiger partial charge in [0.05, 0.1) is 11.4 Å². The monoisotopic (exact) mass is 426 g/mol. The predicted octanol–water partition coefficient (Wildman–Crippen LogP) is 4.04. The lowest BCUT2D eigenvalue weighted by Gasteiger charge is -2.14. The number of hydrogen-bond donors (Lipinski definition) is 3. The summed E-state index contributed by atoms with van der Waals surface area (Å²) in [5.41, 5.74) is 2.47. The van der Waals surface area contributed by atoms with Crippen molar-refractivity contribution < 1.29 is 4.79 Å². The van der Waals surface area contributed by atoms with E-state index in [9.17, 15) is 9.59 Å². The van der Waals surface area contributed by atoms with E-state index >= 15 is 0 Å². The first-order valence-corrected chi connectivity index (χ1v) is 10.1. The molecule has 1 aliphatic carbocycles. The van der Waals surface area contributed by atoms with Gasteiger partial charge in [-0.1, -0.05) is 32.4 Å². The molecule has 1 aromatic carbocycles. The second-order valence-corrected chi connectivity index (χ2v) is 8.77. The van der Waals surface area contributed by atoms with Crippen LogP contribution in [0.4, 0.5) is 16.3 Å². The first-order valence-electron chi connectivity index (χ1n) is 9.77. The van der Waals surface area contributed by atoms with Crippen LogP contribution in [0.3, 0.4) is 0 Å².